The Balaban J connectivity index is 2.63. The molecule has 0 radical (unpaired) electrons. The first-order valence-electron chi connectivity index (χ1n) is 5.25. The van der Waals surface area contributed by atoms with Gasteiger partial charge in [0.2, 0.25) is 5.13 Å². The molecule has 1 heterocycles. The van der Waals surface area contributed by atoms with Gasteiger partial charge < -0.3 is 10.4 Å². The average molecular weight is 229 g/mol. The van der Waals surface area contributed by atoms with Gasteiger partial charge in [0.05, 0.1) is 12.6 Å². The molecule has 1 aromatic rings. The van der Waals surface area contributed by atoms with Crippen LogP contribution in [0.3, 0.4) is 0 Å². The zero-order chi connectivity index (χ0) is 11.4. The Morgan fingerprint density at radius 3 is 2.40 bits per heavy atom. The van der Waals surface area contributed by atoms with Gasteiger partial charge in [-0.2, -0.15) is 4.37 Å². The summed E-state index contributed by atoms with van der Waals surface area (Å²) in [5.41, 5.74) is 0. The van der Waals surface area contributed by atoms with Crippen LogP contribution in [0.15, 0.2) is 0 Å². The predicted octanol–water partition coefficient (Wildman–Crippen LogP) is 2.09. The summed E-state index contributed by atoms with van der Waals surface area (Å²) in [7, 11) is 0. The Morgan fingerprint density at radius 1 is 1.33 bits per heavy atom. The first kappa shape index (κ1) is 12.4. The van der Waals surface area contributed by atoms with E-state index in [0.717, 1.165) is 11.0 Å². The molecule has 1 aromatic heterocycles. The van der Waals surface area contributed by atoms with Crippen LogP contribution >= 0.6 is 11.5 Å². The minimum absolute atomic E-state index is 0.0537. The van der Waals surface area contributed by atoms with Crippen molar-refractivity contribution in [2.75, 3.05) is 11.9 Å². The highest BCUT2D eigenvalue weighted by molar-refractivity contribution is 7.09. The van der Waals surface area contributed by atoms with Gasteiger partial charge in [0.15, 0.2) is 0 Å². The van der Waals surface area contributed by atoms with Crippen LogP contribution in [0, 0.1) is 5.92 Å². The molecule has 0 unspecified atom stereocenters. The van der Waals surface area contributed by atoms with Crippen LogP contribution in [0.2, 0.25) is 0 Å². The lowest BCUT2D eigenvalue weighted by atomic mass is 10.1. The topological polar surface area (TPSA) is 58.0 Å². The van der Waals surface area contributed by atoms with E-state index in [4.69, 9.17) is 5.11 Å². The minimum Gasteiger partial charge on any atom is -0.394 e. The lowest BCUT2D eigenvalue weighted by molar-refractivity contribution is 0.249. The van der Waals surface area contributed by atoms with Gasteiger partial charge in [-0.25, -0.2) is 4.98 Å². The van der Waals surface area contributed by atoms with Gasteiger partial charge >= 0.3 is 0 Å². The van der Waals surface area contributed by atoms with Gasteiger partial charge in [0.25, 0.3) is 0 Å². The maximum atomic E-state index is 9.17. The van der Waals surface area contributed by atoms with Crippen molar-refractivity contribution in [1.82, 2.24) is 9.36 Å². The number of aliphatic hydroxyl groups excluding tert-OH is 1. The second kappa shape index (κ2) is 5.42. The third-order valence-corrected chi connectivity index (χ3v) is 2.93. The molecule has 0 saturated carbocycles. The van der Waals surface area contributed by atoms with Crippen molar-refractivity contribution >= 4 is 16.7 Å². The van der Waals surface area contributed by atoms with Crippen molar-refractivity contribution < 1.29 is 5.11 Å². The molecule has 2 N–H and O–H groups in total. The molecule has 4 nitrogen and oxygen atoms in total. The van der Waals surface area contributed by atoms with Crippen LogP contribution in [0.5, 0.6) is 0 Å². The Bertz CT molecular complexity index is 299. The standard InChI is InChI=1S/C10H19N3OS/c1-6(2)8(5-14)11-10-12-9(7(3)4)13-15-10/h6-8,14H,5H2,1-4H3,(H,11,12,13)/t8-/m1/s1. The number of hydrogen-bond donors (Lipinski definition) is 2. The van der Waals surface area contributed by atoms with E-state index in [0.29, 0.717) is 11.8 Å². The number of rotatable bonds is 5. The summed E-state index contributed by atoms with van der Waals surface area (Å²) in [6.07, 6.45) is 0. The highest BCUT2D eigenvalue weighted by Crippen LogP contribution is 2.19. The molecule has 0 aromatic carbocycles. The Kier molecular flexibility index (Phi) is 4.47. The van der Waals surface area contributed by atoms with Gasteiger partial charge in [-0.15, -0.1) is 0 Å². The third-order valence-electron chi connectivity index (χ3n) is 2.27. The molecule has 0 aliphatic carbocycles. The van der Waals surface area contributed by atoms with E-state index in [9.17, 15) is 0 Å². The van der Waals surface area contributed by atoms with Crippen LogP contribution in [0.4, 0.5) is 5.13 Å². The van der Waals surface area contributed by atoms with Crippen molar-refractivity contribution in [1.29, 1.82) is 0 Å². The first-order chi connectivity index (χ1) is 7.04. The zero-order valence-electron chi connectivity index (χ0n) is 9.69. The van der Waals surface area contributed by atoms with Gasteiger partial charge in [-0.05, 0) is 5.92 Å². The number of nitrogens with one attached hydrogen (secondary N) is 1. The quantitative estimate of drug-likeness (QED) is 0.811. The third kappa shape index (κ3) is 3.43. The number of nitrogens with zero attached hydrogens (tertiary/aromatic N) is 2. The van der Waals surface area contributed by atoms with Crippen LogP contribution in [0.1, 0.15) is 39.4 Å². The molecular formula is C10H19N3OS. The molecule has 1 rings (SSSR count). The second-order valence-corrected chi connectivity index (χ2v) is 5.04. The molecule has 0 saturated heterocycles. The maximum Gasteiger partial charge on any atom is 0.202 e. The summed E-state index contributed by atoms with van der Waals surface area (Å²) in [5, 5.41) is 13.2. The molecule has 5 heteroatoms. The highest BCUT2D eigenvalue weighted by atomic mass is 32.1. The average Bonchev–Trinajstić information content (AvgIpc) is 2.61. The van der Waals surface area contributed by atoms with Crippen LogP contribution in [0.25, 0.3) is 0 Å². The van der Waals surface area contributed by atoms with Crippen molar-refractivity contribution in [2.24, 2.45) is 5.92 Å². The van der Waals surface area contributed by atoms with Crippen molar-refractivity contribution in [2.45, 2.75) is 39.7 Å². The Labute approximate surface area is 94.9 Å². The molecule has 0 fully saturated rings. The lowest BCUT2D eigenvalue weighted by Crippen LogP contribution is -2.29. The van der Waals surface area contributed by atoms with Crippen molar-refractivity contribution in [3.63, 3.8) is 0 Å². The van der Waals surface area contributed by atoms with Crippen LogP contribution in [-0.4, -0.2) is 27.1 Å². The minimum atomic E-state index is 0.0537. The second-order valence-electron chi connectivity index (χ2n) is 4.29. The number of hydrogen-bond acceptors (Lipinski definition) is 5. The van der Waals surface area contributed by atoms with E-state index >= 15 is 0 Å². The van der Waals surface area contributed by atoms with E-state index in [-0.39, 0.29) is 12.6 Å². The summed E-state index contributed by atoms with van der Waals surface area (Å²) in [5.74, 6) is 1.59. The fraction of sp³-hybridized carbons (Fsp3) is 0.800. The Hall–Kier alpha value is -0.680. The number of aliphatic hydroxyl groups is 1. The molecule has 0 aliphatic rings. The lowest BCUT2D eigenvalue weighted by Gasteiger charge is -2.18. The van der Waals surface area contributed by atoms with Crippen LogP contribution in [-0.2, 0) is 0 Å². The molecule has 0 amide bonds. The van der Waals surface area contributed by atoms with Gasteiger partial charge in [-0.3, -0.25) is 0 Å². The van der Waals surface area contributed by atoms with Gasteiger partial charge in [0, 0.05) is 17.5 Å². The SMILES string of the molecule is CC(C)c1nsc(N[C@H](CO)C(C)C)n1. The fourth-order valence-corrected chi connectivity index (χ4v) is 1.88. The zero-order valence-corrected chi connectivity index (χ0v) is 10.5. The highest BCUT2D eigenvalue weighted by Gasteiger charge is 2.14. The van der Waals surface area contributed by atoms with E-state index in [1.54, 1.807) is 0 Å². The largest absolute Gasteiger partial charge is 0.394 e. The Morgan fingerprint density at radius 2 is 2.00 bits per heavy atom. The fourth-order valence-electron chi connectivity index (χ4n) is 1.11. The summed E-state index contributed by atoms with van der Waals surface area (Å²) < 4.78 is 4.25. The molecule has 0 aliphatic heterocycles. The predicted molar refractivity (Wildman–Crippen MR) is 63.3 cm³/mol. The smallest absolute Gasteiger partial charge is 0.202 e. The van der Waals surface area contributed by atoms with Gasteiger partial charge in [0.1, 0.15) is 5.82 Å². The molecular weight excluding hydrogens is 210 g/mol. The molecule has 15 heavy (non-hydrogen) atoms. The summed E-state index contributed by atoms with van der Waals surface area (Å²) in [6.45, 7) is 8.39. The number of aromatic nitrogens is 2. The maximum absolute atomic E-state index is 9.17. The summed E-state index contributed by atoms with van der Waals surface area (Å²) in [6, 6.07) is 0.0537. The van der Waals surface area contributed by atoms with E-state index < -0.39 is 0 Å². The van der Waals surface area contributed by atoms with Crippen molar-refractivity contribution in [3.05, 3.63) is 5.82 Å². The molecule has 1 atom stereocenters. The molecule has 86 valence electrons. The van der Waals surface area contributed by atoms with Gasteiger partial charge in [-0.1, -0.05) is 27.7 Å². The molecule has 0 spiro atoms. The first-order valence-corrected chi connectivity index (χ1v) is 6.03. The molecule has 0 bridgehead atoms. The number of anilines is 1. The summed E-state index contributed by atoms with van der Waals surface area (Å²) >= 11 is 1.36. The normalized spacial score (nSPS) is 13.5. The van der Waals surface area contributed by atoms with E-state index in [1.165, 1.54) is 11.5 Å². The van der Waals surface area contributed by atoms with Crippen molar-refractivity contribution in [3.8, 4) is 0 Å². The summed E-state index contributed by atoms with van der Waals surface area (Å²) in [4.78, 5) is 4.37. The monoisotopic (exact) mass is 229 g/mol. The van der Waals surface area contributed by atoms with E-state index in [1.807, 2.05) is 0 Å². The van der Waals surface area contributed by atoms with Crippen LogP contribution < -0.4 is 5.32 Å². The van der Waals surface area contributed by atoms with E-state index in [2.05, 4.69) is 42.4 Å².